The van der Waals surface area contributed by atoms with Gasteiger partial charge in [0, 0.05) is 28.6 Å². The van der Waals surface area contributed by atoms with Crippen LogP contribution in [0.5, 0.6) is 5.75 Å². The van der Waals surface area contributed by atoms with Crippen molar-refractivity contribution in [1.29, 1.82) is 0 Å². The normalized spacial score (nSPS) is 16.9. The van der Waals surface area contributed by atoms with Crippen LogP contribution in [0.15, 0.2) is 66.7 Å². The maximum atomic E-state index is 13.3. The smallest absolute Gasteiger partial charge is 0.323 e. The fourth-order valence-electron chi connectivity index (χ4n) is 4.27. The number of hydrogen-bond acceptors (Lipinski definition) is 3. The number of carboxylic acid groups (broad SMARTS) is 1. The van der Waals surface area contributed by atoms with Crippen molar-refractivity contribution < 1.29 is 19.4 Å². The van der Waals surface area contributed by atoms with E-state index in [1.807, 2.05) is 24.3 Å². The third kappa shape index (κ3) is 5.54. The summed E-state index contributed by atoms with van der Waals surface area (Å²) in [7, 11) is 0. The van der Waals surface area contributed by atoms with Gasteiger partial charge in [-0.25, -0.2) is 0 Å². The van der Waals surface area contributed by atoms with Crippen molar-refractivity contribution in [3.8, 4) is 5.75 Å². The SMILES string of the molecule is C[C@]1(Cc2ccccc2Cl)CCc2cc(C(=O)N(CC(=O)O)Cc3ccccc3Cl)ccc2O1. The predicted molar refractivity (Wildman–Crippen MR) is 133 cm³/mol. The van der Waals surface area contributed by atoms with Crippen molar-refractivity contribution >= 4 is 35.1 Å². The van der Waals surface area contributed by atoms with Crippen LogP contribution >= 0.6 is 23.2 Å². The Labute approximate surface area is 208 Å². The van der Waals surface area contributed by atoms with Crippen LogP contribution < -0.4 is 4.74 Å². The quantitative estimate of drug-likeness (QED) is 0.431. The van der Waals surface area contributed by atoms with Gasteiger partial charge >= 0.3 is 5.97 Å². The summed E-state index contributed by atoms with van der Waals surface area (Å²) in [5.74, 6) is -0.722. The average molecular weight is 498 g/mol. The molecule has 0 saturated heterocycles. The minimum atomic E-state index is -1.09. The number of carbonyl (C=O) groups is 2. The zero-order valence-electron chi connectivity index (χ0n) is 18.8. The van der Waals surface area contributed by atoms with Crippen LogP contribution in [0.1, 0.15) is 40.4 Å². The molecule has 34 heavy (non-hydrogen) atoms. The fourth-order valence-corrected chi connectivity index (χ4v) is 4.67. The molecule has 4 rings (SSSR count). The molecule has 1 N–H and O–H groups in total. The van der Waals surface area contributed by atoms with E-state index in [-0.39, 0.29) is 12.5 Å². The average Bonchev–Trinajstić information content (AvgIpc) is 2.80. The van der Waals surface area contributed by atoms with Crippen LogP contribution in [0.25, 0.3) is 0 Å². The zero-order chi connectivity index (χ0) is 24.3. The minimum absolute atomic E-state index is 0.105. The molecule has 3 aromatic carbocycles. The summed E-state index contributed by atoms with van der Waals surface area (Å²) in [6.45, 7) is 1.75. The van der Waals surface area contributed by atoms with Crippen LogP contribution in [0, 0.1) is 0 Å². The van der Waals surface area contributed by atoms with Crippen molar-refractivity contribution in [2.24, 2.45) is 0 Å². The van der Waals surface area contributed by atoms with E-state index in [9.17, 15) is 14.7 Å². The van der Waals surface area contributed by atoms with Crippen molar-refractivity contribution in [1.82, 2.24) is 4.90 Å². The number of aryl methyl sites for hydroxylation is 1. The number of ether oxygens (including phenoxy) is 1. The van der Waals surface area contributed by atoms with Gasteiger partial charge in [0.25, 0.3) is 5.91 Å². The number of halogens is 2. The Kier molecular flexibility index (Phi) is 7.15. The van der Waals surface area contributed by atoms with Crippen LogP contribution in [-0.2, 0) is 24.2 Å². The Morgan fingerprint density at radius 3 is 2.29 bits per heavy atom. The Hall–Kier alpha value is -3.02. The van der Waals surface area contributed by atoms with Gasteiger partial charge in [-0.05, 0) is 66.8 Å². The van der Waals surface area contributed by atoms with E-state index in [0.717, 1.165) is 34.7 Å². The van der Waals surface area contributed by atoms with Gasteiger partial charge in [0.15, 0.2) is 0 Å². The lowest BCUT2D eigenvalue weighted by atomic mass is 9.86. The van der Waals surface area contributed by atoms with Gasteiger partial charge in [0.2, 0.25) is 0 Å². The molecule has 0 bridgehead atoms. The summed E-state index contributed by atoms with van der Waals surface area (Å²) in [4.78, 5) is 26.0. The maximum absolute atomic E-state index is 13.3. The molecule has 0 unspecified atom stereocenters. The number of fused-ring (bicyclic) bond motifs is 1. The van der Waals surface area contributed by atoms with Gasteiger partial charge in [-0.2, -0.15) is 0 Å². The summed E-state index contributed by atoms with van der Waals surface area (Å²) in [6.07, 6.45) is 2.18. The topological polar surface area (TPSA) is 66.8 Å². The molecule has 0 aromatic heterocycles. The number of amides is 1. The van der Waals surface area contributed by atoms with Crippen LogP contribution in [0.2, 0.25) is 10.0 Å². The summed E-state index contributed by atoms with van der Waals surface area (Å²) >= 11 is 12.6. The first-order chi connectivity index (χ1) is 16.2. The highest BCUT2D eigenvalue weighted by Crippen LogP contribution is 2.37. The molecule has 5 nitrogen and oxygen atoms in total. The lowest BCUT2D eigenvalue weighted by molar-refractivity contribution is -0.137. The molecule has 1 amide bonds. The van der Waals surface area contributed by atoms with Gasteiger partial charge in [-0.3, -0.25) is 9.59 Å². The standard InChI is InChI=1S/C27H25Cl2NO4/c1-27(15-20-6-2-4-8-22(20)28)13-12-18-14-19(10-11-24(18)34-27)26(33)30(17-25(31)32)16-21-7-3-5-9-23(21)29/h2-11,14H,12-13,15-17H2,1H3,(H,31,32)/t27-/m1/s1. The van der Waals surface area contributed by atoms with E-state index in [4.69, 9.17) is 27.9 Å². The molecule has 0 saturated carbocycles. The van der Waals surface area contributed by atoms with Crippen LogP contribution in [-0.4, -0.2) is 34.0 Å². The molecule has 1 aliphatic rings. The van der Waals surface area contributed by atoms with Gasteiger partial charge in [0.05, 0.1) is 0 Å². The van der Waals surface area contributed by atoms with E-state index in [0.29, 0.717) is 22.6 Å². The maximum Gasteiger partial charge on any atom is 0.323 e. The van der Waals surface area contributed by atoms with Gasteiger partial charge in [-0.15, -0.1) is 0 Å². The number of hydrogen-bond donors (Lipinski definition) is 1. The van der Waals surface area contributed by atoms with E-state index in [1.165, 1.54) is 4.90 Å². The van der Waals surface area contributed by atoms with E-state index in [1.54, 1.807) is 42.5 Å². The Morgan fingerprint density at radius 2 is 1.65 bits per heavy atom. The number of carbonyl (C=O) groups excluding carboxylic acids is 1. The third-order valence-corrected chi connectivity index (χ3v) is 6.78. The second kappa shape index (κ2) is 10.1. The second-order valence-electron chi connectivity index (χ2n) is 8.79. The van der Waals surface area contributed by atoms with Crippen molar-refractivity contribution in [2.45, 2.75) is 38.3 Å². The molecular formula is C27H25Cl2NO4. The summed E-state index contributed by atoms with van der Waals surface area (Å²) in [5.41, 5.74) is 2.66. The molecule has 0 aliphatic carbocycles. The molecule has 3 aromatic rings. The monoisotopic (exact) mass is 497 g/mol. The molecular weight excluding hydrogens is 473 g/mol. The minimum Gasteiger partial charge on any atom is -0.487 e. The Balaban J connectivity index is 1.53. The number of nitrogens with zero attached hydrogens (tertiary/aromatic N) is 1. The highest BCUT2D eigenvalue weighted by atomic mass is 35.5. The molecule has 1 heterocycles. The first-order valence-corrected chi connectivity index (χ1v) is 11.8. The number of rotatable bonds is 7. The Morgan fingerprint density at radius 1 is 1.00 bits per heavy atom. The van der Waals surface area contributed by atoms with E-state index >= 15 is 0 Å². The largest absolute Gasteiger partial charge is 0.487 e. The van der Waals surface area contributed by atoms with Crippen molar-refractivity contribution in [3.05, 3.63) is 99.0 Å². The molecule has 0 radical (unpaired) electrons. The number of aliphatic carboxylic acids is 1. The first-order valence-electron chi connectivity index (χ1n) is 11.0. The van der Waals surface area contributed by atoms with Crippen molar-refractivity contribution in [2.75, 3.05) is 6.54 Å². The number of carboxylic acids is 1. The van der Waals surface area contributed by atoms with Crippen LogP contribution in [0.3, 0.4) is 0 Å². The van der Waals surface area contributed by atoms with Gasteiger partial charge in [-0.1, -0.05) is 59.6 Å². The highest BCUT2D eigenvalue weighted by Gasteiger charge is 2.33. The van der Waals surface area contributed by atoms with Gasteiger partial charge in [0.1, 0.15) is 17.9 Å². The van der Waals surface area contributed by atoms with Crippen LogP contribution in [0.4, 0.5) is 0 Å². The molecule has 0 spiro atoms. The molecule has 7 heteroatoms. The predicted octanol–water partition coefficient (Wildman–Crippen LogP) is 6.05. The Bertz CT molecular complexity index is 1230. The zero-order valence-corrected chi connectivity index (χ0v) is 20.3. The van der Waals surface area contributed by atoms with E-state index in [2.05, 4.69) is 6.92 Å². The van der Waals surface area contributed by atoms with E-state index < -0.39 is 18.1 Å². The lowest BCUT2D eigenvalue weighted by Crippen LogP contribution is -2.39. The second-order valence-corrected chi connectivity index (χ2v) is 9.60. The number of benzene rings is 3. The van der Waals surface area contributed by atoms with Gasteiger partial charge < -0.3 is 14.7 Å². The summed E-state index contributed by atoms with van der Waals surface area (Å²) in [6, 6.07) is 20.1. The third-order valence-electron chi connectivity index (χ3n) is 6.04. The summed E-state index contributed by atoms with van der Waals surface area (Å²) < 4.78 is 6.35. The van der Waals surface area contributed by atoms with Crippen molar-refractivity contribution in [3.63, 3.8) is 0 Å². The molecule has 0 fully saturated rings. The molecule has 1 aliphatic heterocycles. The molecule has 176 valence electrons. The lowest BCUT2D eigenvalue weighted by Gasteiger charge is -2.36. The summed E-state index contributed by atoms with van der Waals surface area (Å²) in [5, 5.41) is 10.6. The highest BCUT2D eigenvalue weighted by molar-refractivity contribution is 6.31. The first kappa shape index (κ1) is 24.1. The molecule has 1 atom stereocenters. The fraction of sp³-hybridized carbons (Fsp3) is 0.259.